The van der Waals surface area contributed by atoms with E-state index in [4.69, 9.17) is 4.74 Å². The zero-order chi connectivity index (χ0) is 19.4. The molecule has 0 bridgehead atoms. The van der Waals surface area contributed by atoms with Gasteiger partial charge in [0.25, 0.3) is 0 Å². The van der Waals surface area contributed by atoms with Crippen LogP contribution in [0, 0.1) is 19.8 Å². The van der Waals surface area contributed by atoms with E-state index in [2.05, 4.69) is 71.2 Å². The Morgan fingerprint density at radius 1 is 1.11 bits per heavy atom. The predicted octanol–water partition coefficient (Wildman–Crippen LogP) is 2.46. The molecule has 0 aliphatic carbocycles. The summed E-state index contributed by atoms with van der Waals surface area (Å²) in [6, 6.07) is 6.93. The third-order valence-corrected chi connectivity index (χ3v) is 5.38. The van der Waals surface area contributed by atoms with Crippen LogP contribution in [0.2, 0.25) is 0 Å². The summed E-state index contributed by atoms with van der Waals surface area (Å²) in [4.78, 5) is 5.03. The van der Waals surface area contributed by atoms with Gasteiger partial charge in [0.2, 0.25) is 0 Å². The Kier molecular flexibility index (Phi) is 6.44. The highest BCUT2D eigenvalue weighted by molar-refractivity contribution is 5.55. The molecular weight excluding hydrogens is 340 g/mol. The van der Waals surface area contributed by atoms with Crippen LogP contribution in [-0.4, -0.2) is 65.0 Å². The summed E-state index contributed by atoms with van der Waals surface area (Å²) in [6.07, 6.45) is 0. The van der Waals surface area contributed by atoms with Crippen molar-refractivity contribution in [2.45, 2.75) is 40.3 Å². The molecule has 7 heteroatoms. The zero-order valence-corrected chi connectivity index (χ0v) is 17.2. The molecule has 1 aliphatic rings. The molecule has 0 unspecified atom stereocenters. The summed E-state index contributed by atoms with van der Waals surface area (Å²) in [7, 11) is 1.70. The number of ether oxygens (including phenoxy) is 1. The van der Waals surface area contributed by atoms with Gasteiger partial charge in [-0.3, -0.25) is 4.90 Å². The monoisotopic (exact) mass is 372 g/mol. The van der Waals surface area contributed by atoms with E-state index in [1.807, 2.05) is 4.68 Å². The van der Waals surface area contributed by atoms with E-state index in [1.165, 1.54) is 16.8 Å². The summed E-state index contributed by atoms with van der Waals surface area (Å²) in [5.74, 6) is 1.38. The molecule has 0 saturated carbocycles. The molecular formula is C20H32N6O. The van der Waals surface area contributed by atoms with Crippen LogP contribution in [0.4, 0.5) is 5.69 Å². The number of tetrazole rings is 1. The number of nitrogens with zero attached hydrogens (tertiary/aromatic N) is 6. The number of aryl methyl sites for hydroxylation is 2. The molecule has 2 aromatic rings. The van der Waals surface area contributed by atoms with Crippen molar-refractivity contribution in [1.82, 2.24) is 25.1 Å². The van der Waals surface area contributed by atoms with Crippen molar-refractivity contribution < 1.29 is 4.74 Å². The quantitative estimate of drug-likeness (QED) is 0.744. The Bertz CT molecular complexity index is 736. The first-order valence-corrected chi connectivity index (χ1v) is 9.82. The number of hydrogen-bond donors (Lipinski definition) is 0. The first-order chi connectivity index (χ1) is 13.0. The number of anilines is 1. The van der Waals surface area contributed by atoms with Crippen LogP contribution in [0.25, 0.3) is 0 Å². The van der Waals surface area contributed by atoms with Gasteiger partial charge in [0.15, 0.2) is 5.82 Å². The molecule has 1 aliphatic heterocycles. The standard InChI is InChI=1S/C20H32N6O/c1-15(2)19(20-21-22-23-26(20)12-13-27-5)25-10-8-24(9-11-25)18-14-16(3)6-7-17(18)4/h6-7,14-15,19H,8-13H2,1-5H3/t19-/m1/s1. The number of methoxy groups -OCH3 is 1. The molecule has 1 saturated heterocycles. The minimum Gasteiger partial charge on any atom is -0.383 e. The number of aromatic nitrogens is 4. The van der Waals surface area contributed by atoms with Crippen molar-refractivity contribution in [1.29, 1.82) is 0 Å². The smallest absolute Gasteiger partial charge is 0.168 e. The van der Waals surface area contributed by atoms with E-state index in [0.29, 0.717) is 19.1 Å². The average molecular weight is 373 g/mol. The van der Waals surface area contributed by atoms with Gasteiger partial charge < -0.3 is 9.64 Å². The van der Waals surface area contributed by atoms with Gasteiger partial charge in [0, 0.05) is 39.0 Å². The highest BCUT2D eigenvalue weighted by Gasteiger charge is 2.31. The van der Waals surface area contributed by atoms with E-state index >= 15 is 0 Å². The van der Waals surface area contributed by atoms with Crippen molar-refractivity contribution in [2.24, 2.45) is 5.92 Å². The van der Waals surface area contributed by atoms with Crippen LogP contribution < -0.4 is 4.90 Å². The normalized spacial score (nSPS) is 16.9. The zero-order valence-electron chi connectivity index (χ0n) is 17.2. The van der Waals surface area contributed by atoms with Gasteiger partial charge in [-0.1, -0.05) is 26.0 Å². The topological polar surface area (TPSA) is 59.3 Å². The van der Waals surface area contributed by atoms with Crippen molar-refractivity contribution >= 4 is 5.69 Å². The van der Waals surface area contributed by atoms with Crippen LogP contribution in [0.15, 0.2) is 18.2 Å². The summed E-state index contributed by atoms with van der Waals surface area (Å²) in [5, 5.41) is 12.5. The molecule has 0 N–H and O–H groups in total. The fourth-order valence-corrected chi connectivity index (χ4v) is 3.94. The van der Waals surface area contributed by atoms with E-state index in [-0.39, 0.29) is 6.04 Å². The molecule has 1 aromatic heterocycles. The molecule has 1 aromatic carbocycles. The number of hydrogen-bond acceptors (Lipinski definition) is 6. The average Bonchev–Trinajstić information content (AvgIpc) is 3.10. The van der Waals surface area contributed by atoms with Gasteiger partial charge in [0.1, 0.15) is 0 Å². The lowest BCUT2D eigenvalue weighted by atomic mass is 10.00. The number of benzene rings is 1. The van der Waals surface area contributed by atoms with Gasteiger partial charge in [-0.2, -0.15) is 0 Å². The van der Waals surface area contributed by atoms with Gasteiger partial charge in [-0.25, -0.2) is 4.68 Å². The summed E-state index contributed by atoms with van der Waals surface area (Å²) in [6.45, 7) is 14.2. The molecule has 0 amide bonds. The Hall–Kier alpha value is -1.99. The lowest BCUT2D eigenvalue weighted by Crippen LogP contribution is -2.49. The van der Waals surface area contributed by atoms with Crippen LogP contribution in [0.1, 0.15) is 36.8 Å². The van der Waals surface area contributed by atoms with Crippen molar-refractivity contribution in [3.63, 3.8) is 0 Å². The first kappa shape index (κ1) is 19.8. The fraction of sp³-hybridized carbons (Fsp3) is 0.650. The van der Waals surface area contributed by atoms with Gasteiger partial charge in [0.05, 0.1) is 19.2 Å². The molecule has 1 fully saturated rings. The maximum absolute atomic E-state index is 5.20. The largest absolute Gasteiger partial charge is 0.383 e. The highest BCUT2D eigenvalue weighted by Crippen LogP contribution is 2.30. The van der Waals surface area contributed by atoms with Gasteiger partial charge in [-0.05, 0) is 47.4 Å². The fourth-order valence-electron chi connectivity index (χ4n) is 3.94. The maximum atomic E-state index is 5.20. The SMILES string of the molecule is COCCn1nnnc1[C@@H](C(C)C)N1CCN(c2cc(C)ccc2C)CC1. The van der Waals surface area contributed by atoms with Crippen LogP contribution in [-0.2, 0) is 11.3 Å². The molecule has 1 atom stereocenters. The Morgan fingerprint density at radius 3 is 2.52 bits per heavy atom. The summed E-state index contributed by atoms with van der Waals surface area (Å²) in [5.41, 5.74) is 4.02. The lowest BCUT2D eigenvalue weighted by molar-refractivity contribution is 0.129. The van der Waals surface area contributed by atoms with E-state index in [1.54, 1.807) is 7.11 Å². The number of piperazine rings is 1. The van der Waals surface area contributed by atoms with E-state index < -0.39 is 0 Å². The minimum atomic E-state index is 0.220. The van der Waals surface area contributed by atoms with Crippen molar-refractivity contribution in [3.05, 3.63) is 35.2 Å². The van der Waals surface area contributed by atoms with Crippen molar-refractivity contribution in [2.75, 3.05) is 44.8 Å². The molecule has 27 heavy (non-hydrogen) atoms. The summed E-state index contributed by atoms with van der Waals surface area (Å²) < 4.78 is 7.10. The van der Waals surface area contributed by atoms with Gasteiger partial charge >= 0.3 is 0 Å². The van der Waals surface area contributed by atoms with E-state index in [0.717, 1.165) is 32.0 Å². The third-order valence-electron chi connectivity index (χ3n) is 5.38. The Labute approximate surface area is 162 Å². The lowest BCUT2D eigenvalue weighted by Gasteiger charge is -2.41. The molecule has 0 spiro atoms. The molecule has 0 radical (unpaired) electrons. The van der Waals surface area contributed by atoms with Crippen LogP contribution >= 0.6 is 0 Å². The molecule has 7 nitrogen and oxygen atoms in total. The third kappa shape index (κ3) is 4.47. The summed E-state index contributed by atoms with van der Waals surface area (Å²) >= 11 is 0. The van der Waals surface area contributed by atoms with E-state index in [9.17, 15) is 0 Å². The van der Waals surface area contributed by atoms with Crippen LogP contribution in [0.3, 0.4) is 0 Å². The Balaban J connectivity index is 1.73. The second kappa shape index (κ2) is 8.80. The minimum absolute atomic E-state index is 0.220. The van der Waals surface area contributed by atoms with Crippen LogP contribution in [0.5, 0.6) is 0 Å². The maximum Gasteiger partial charge on any atom is 0.168 e. The predicted molar refractivity (Wildman–Crippen MR) is 107 cm³/mol. The Morgan fingerprint density at radius 2 is 1.85 bits per heavy atom. The van der Waals surface area contributed by atoms with Crippen molar-refractivity contribution in [3.8, 4) is 0 Å². The number of rotatable bonds is 7. The second-order valence-corrected chi connectivity index (χ2v) is 7.75. The molecule has 2 heterocycles. The molecule has 3 rings (SSSR count). The van der Waals surface area contributed by atoms with Gasteiger partial charge in [-0.15, -0.1) is 5.10 Å². The highest BCUT2D eigenvalue weighted by atomic mass is 16.5. The molecule has 148 valence electrons. The second-order valence-electron chi connectivity index (χ2n) is 7.75. The first-order valence-electron chi connectivity index (χ1n) is 9.82.